The third kappa shape index (κ3) is 3.14. The van der Waals surface area contributed by atoms with Gasteiger partial charge in [-0.15, -0.1) is 0 Å². The fourth-order valence-corrected chi connectivity index (χ4v) is 2.15. The number of nitrogens with zero attached hydrogens (tertiary/aromatic N) is 2. The second-order valence-corrected chi connectivity index (χ2v) is 4.80. The van der Waals surface area contributed by atoms with Gasteiger partial charge in [0, 0.05) is 17.5 Å². The van der Waals surface area contributed by atoms with Crippen molar-refractivity contribution in [3.63, 3.8) is 0 Å². The van der Waals surface area contributed by atoms with Crippen LogP contribution in [0.5, 0.6) is 0 Å². The van der Waals surface area contributed by atoms with E-state index in [1.807, 2.05) is 50.4 Å². The Morgan fingerprint density at radius 3 is 2.85 bits per heavy atom. The minimum atomic E-state index is -0.312. The Kier molecular flexibility index (Phi) is 4.69. The summed E-state index contributed by atoms with van der Waals surface area (Å²) >= 11 is 0. The summed E-state index contributed by atoms with van der Waals surface area (Å²) in [6.07, 6.45) is 4.28. The zero-order valence-electron chi connectivity index (χ0n) is 12.3. The van der Waals surface area contributed by atoms with Crippen LogP contribution in [0.1, 0.15) is 36.2 Å². The first-order valence-electron chi connectivity index (χ1n) is 7.03. The predicted octanol–water partition coefficient (Wildman–Crippen LogP) is 2.71. The number of carbonyl (C=O) groups is 1. The van der Waals surface area contributed by atoms with Gasteiger partial charge in [0.25, 0.3) is 5.91 Å². The second-order valence-electron chi connectivity index (χ2n) is 4.80. The molecule has 1 aliphatic heterocycles. The van der Waals surface area contributed by atoms with E-state index in [0.717, 1.165) is 24.2 Å². The lowest BCUT2D eigenvalue weighted by Crippen LogP contribution is -2.46. The smallest absolute Gasteiger partial charge is 0.260 e. The molecule has 1 N–H and O–H groups in total. The molecule has 20 heavy (non-hydrogen) atoms. The van der Waals surface area contributed by atoms with Gasteiger partial charge in [-0.3, -0.25) is 15.0 Å². The molecule has 0 spiro atoms. The van der Waals surface area contributed by atoms with Crippen LogP contribution in [0.25, 0.3) is 0 Å². The van der Waals surface area contributed by atoms with Crippen molar-refractivity contribution < 1.29 is 4.79 Å². The summed E-state index contributed by atoms with van der Waals surface area (Å²) in [7, 11) is 0. The molecule has 0 fully saturated rings. The molecule has 4 heteroatoms. The van der Waals surface area contributed by atoms with E-state index in [1.54, 1.807) is 4.90 Å². The van der Waals surface area contributed by atoms with Gasteiger partial charge in [-0.05, 0) is 38.1 Å². The van der Waals surface area contributed by atoms with Crippen LogP contribution in [-0.4, -0.2) is 29.4 Å². The van der Waals surface area contributed by atoms with E-state index in [9.17, 15) is 4.79 Å². The van der Waals surface area contributed by atoms with Crippen LogP contribution < -0.4 is 5.32 Å². The Labute approximate surface area is 120 Å². The lowest BCUT2D eigenvalue weighted by Gasteiger charge is -2.29. The van der Waals surface area contributed by atoms with Gasteiger partial charge in [0.1, 0.15) is 0 Å². The van der Waals surface area contributed by atoms with Gasteiger partial charge < -0.3 is 0 Å². The number of hydrogen-bond donors (Lipinski definition) is 1. The Morgan fingerprint density at radius 2 is 2.20 bits per heavy atom. The van der Waals surface area contributed by atoms with Gasteiger partial charge in [-0.25, -0.2) is 4.99 Å². The quantitative estimate of drug-likeness (QED) is 0.915. The highest BCUT2D eigenvalue weighted by atomic mass is 16.2. The van der Waals surface area contributed by atoms with Crippen LogP contribution in [0.4, 0.5) is 0 Å². The molecule has 0 saturated carbocycles. The highest BCUT2D eigenvalue weighted by Gasteiger charge is 2.24. The molecule has 0 saturated heterocycles. The standard InChI is InChI=1S/C16H21N3O/c1-4-14-9-10-19(16(18-14)17-5-2)15(20)13-8-6-7-12(3)11-13/h6-11,16-17H,4-5H2,1-3H3. The average Bonchev–Trinajstić information content (AvgIpc) is 2.47. The molecule has 106 valence electrons. The number of amides is 1. The first-order chi connectivity index (χ1) is 9.65. The van der Waals surface area contributed by atoms with Crippen molar-refractivity contribution >= 4 is 11.6 Å². The van der Waals surface area contributed by atoms with Gasteiger partial charge >= 0.3 is 0 Å². The minimum absolute atomic E-state index is 0.0326. The monoisotopic (exact) mass is 271 g/mol. The molecule has 1 aromatic rings. The number of carbonyl (C=O) groups excluding carboxylic acids is 1. The molecule has 0 bridgehead atoms. The van der Waals surface area contributed by atoms with Crippen LogP contribution in [0, 0.1) is 6.92 Å². The van der Waals surface area contributed by atoms with E-state index in [1.165, 1.54) is 0 Å². The molecule has 1 aliphatic rings. The van der Waals surface area contributed by atoms with Crippen LogP contribution in [0.15, 0.2) is 41.5 Å². The molecule has 4 nitrogen and oxygen atoms in total. The zero-order chi connectivity index (χ0) is 14.5. The van der Waals surface area contributed by atoms with Crippen LogP contribution in [0.3, 0.4) is 0 Å². The van der Waals surface area contributed by atoms with Crippen LogP contribution >= 0.6 is 0 Å². The molecule has 2 rings (SSSR count). The number of nitrogens with one attached hydrogen (secondary N) is 1. The van der Waals surface area contributed by atoms with E-state index in [-0.39, 0.29) is 12.2 Å². The van der Waals surface area contributed by atoms with Crippen LogP contribution in [0.2, 0.25) is 0 Å². The maximum Gasteiger partial charge on any atom is 0.260 e. The zero-order valence-corrected chi connectivity index (χ0v) is 12.3. The molecule has 0 aromatic heterocycles. The third-order valence-corrected chi connectivity index (χ3v) is 3.23. The molecule has 1 atom stereocenters. The molecule has 1 amide bonds. The maximum absolute atomic E-state index is 12.6. The second kappa shape index (κ2) is 6.48. The van der Waals surface area contributed by atoms with Crippen molar-refractivity contribution in [1.29, 1.82) is 0 Å². The number of allylic oxidation sites excluding steroid dienone is 1. The molecule has 0 aliphatic carbocycles. The van der Waals surface area contributed by atoms with E-state index in [4.69, 9.17) is 0 Å². The minimum Gasteiger partial charge on any atom is -0.279 e. The van der Waals surface area contributed by atoms with E-state index < -0.39 is 0 Å². The number of hydrogen-bond acceptors (Lipinski definition) is 3. The lowest BCUT2D eigenvalue weighted by atomic mass is 10.1. The van der Waals surface area contributed by atoms with E-state index in [2.05, 4.69) is 17.2 Å². The normalized spacial score (nSPS) is 18.1. The molecule has 1 heterocycles. The topological polar surface area (TPSA) is 44.7 Å². The van der Waals surface area contributed by atoms with Gasteiger partial charge in [0.2, 0.25) is 0 Å². The number of aliphatic imine (C=N–C) groups is 1. The highest BCUT2D eigenvalue weighted by molar-refractivity contribution is 5.99. The van der Waals surface area contributed by atoms with Crippen molar-refractivity contribution in [2.24, 2.45) is 4.99 Å². The fraction of sp³-hybridized carbons (Fsp3) is 0.375. The van der Waals surface area contributed by atoms with Gasteiger partial charge in [0.05, 0.1) is 0 Å². The summed E-state index contributed by atoms with van der Waals surface area (Å²) in [6.45, 7) is 6.81. The summed E-state index contributed by atoms with van der Waals surface area (Å²) in [5.41, 5.74) is 2.77. The SMILES string of the molecule is CCNC1N=C(CC)C=CN1C(=O)c1cccc(C)c1. The van der Waals surface area contributed by atoms with Gasteiger partial charge in [-0.1, -0.05) is 31.5 Å². The number of aryl methyl sites for hydroxylation is 1. The largest absolute Gasteiger partial charge is 0.279 e. The molecule has 1 unspecified atom stereocenters. The Balaban J connectivity index is 2.24. The summed E-state index contributed by atoms with van der Waals surface area (Å²) in [5, 5.41) is 3.23. The van der Waals surface area contributed by atoms with Crippen molar-refractivity contribution in [1.82, 2.24) is 10.2 Å². The lowest BCUT2D eigenvalue weighted by molar-refractivity contribution is 0.0748. The first kappa shape index (κ1) is 14.5. The first-order valence-corrected chi connectivity index (χ1v) is 7.03. The Bertz CT molecular complexity index is 548. The fourth-order valence-electron chi connectivity index (χ4n) is 2.15. The van der Waals surface area contributed by atoms with Crippen molar-refractivity contribution in [3.8, 4) is 0 Å². The highest BCUT2D eigenvalue weighted by Crippen LogP contribution is 2.14. The Morgan fingerprint density at radius 1 is 1.40 bits per heavy atom. The average molecular weight is 271 g/mol. The van der Waals surface area contributed by atoms with Gasteiger partial charge in [0.15, 0.2) is 6.29 Å². The third-order valence-electron chi connectivity index (χ3n) is 3.23. The Hall–Kier alpha value is -1.94. The summed E-state index contributed by atoms with van der Waals surface area (Å²) < 4.78 is 0. The summed E-state index contributed by atoms with van der Waals surface area (Å²) in [6, 6.07) is 7.63. The van der Waals surface area contributed by atoms with E-state index >= 15 is 0 Å². The molecule has 1 aromatic carbocycles. The molecule has 0 radical (unpaired) electrons. The molecular weight excluding hydrogens is 250 g/mol. The van der Waals surface area contributed by atoms with Crippen molar-refractivity contribution in [2.45, 2.75) is 33.5 Å². The number of rotatable bonds is 4. The summed E-state index contributed by atoms with van der Waals surface area (Å²) in [5.74, 6) is -0.0326. The van der Waals surface area contributed by atoms with E-state index in [0.29, 0.717) is 5.56 Å². The summed E-state index contributed by atoms with van der Waals surface area (Å²) in [4.78, 5) is 18.8. The van der Waals surface area contributed by atoms with Gasteiger partial charge in [-0.2, -0.15) is 0 Å². The molecular formula is C16H21N3O. The van der Waals surface area contributed by atoms with Crippen molar-refractivity contribution in [3.05, 3.63) is 47.7 Å². The van der Waals surface area contributed by atoms with Crippen LogP contribution in [-0.2, 0) is 0 Å². The van der Waals surface area contributed by atoms with Crippen molar-refractivity contribution in [2.75, 3.05) is 6.54 Å². The maximum atomic E-state index is 12.6. The number of benzene rings is 1. The predicted molar refractivity (Wildman–Crippen MR) is 81.7 cm³/mol.